The molecule has 0 aliphatic rings. The molecule has 0 spiro atoms. The van der Waals surface area contributed by atoms with Gasteiger partial charge in [0.25, 0.3) is 0 Å². The minimum atomic E-state index is -0.592. The van der Waals surface area contributed by atoms with Gasteiger partial charge in [0.2, 0.25) is 5.91 Å². The lowest BCUT2D eigenvalue weighted by atomic mass is 9.92. The molecule has 6 heteroatoms. The number of carbonyl (C=O) groups is 1. The highest BCUT2D eigenvalue weighted by atomic mass is 19.1. The fourth-order valence-corrected chi connectivity index (χ4v) is 3.13. The zero-order chi connectivity index (χ0) is 22.8. The molecule has 0 fully saturated rings. The van der Waals surface area contributed by atoms with Crippen molar-refractivity contribution in [1.29, 1.82) is 0 Å². The molecule has 0 aliphatic carbocycles. The molecule has 3 aromatic rings. The first kappa shape index (κ1) is 22.3. The lowest BCUT2D eigenvalue weighted by Gasteiger charge is -2.17. The summed E-state index contributed by atoms with van der Waals surface area (Å²) in [5.41, 5.74) is 3.55. The zero-order valence-electron chi connectivity index (χ0n) is 18.1. The summed E-state index contributed by atoms with van der Waals surface area (Å²) in [4.78, 5) is 20.9. The molecular weight excluding hydrogens is 396 g/mol. The monoisotopic (exact) mass is 421 g/mol. The fraction of sp³-hybridized carbons (Fsp3) is 0.240. The van der Waals surface area contributed by atoms with Crippen LogP contribution in [0.5, 0.6) is 0 Å². The van der Waals surface area contributed by atoms with Gasteiger partial charge in [-0.15, -0.1) is 0 Å². The van der Waals surface area contributed by atoms with Crippen molar-refractivity contribution in [3.63, 3.8) is 0 Å². The van der Waals surface area contributed by atoms with Gasteiger partial charge in [0, 0.05) is 34.1 Å². The van der Waals surface area contributed by atoms with Gasteiger partial charge in [0.1, 0.15) is 11.6 Å². The van der Waals surface area contributed by atoms with E-state index in [0.29, 0.717) is 22.5 Å². The van der Waals surface area contributed by atoms with Gasteiger partial charge < -0.3 is 5.32 Å². The first-order valence-electron chi connectivity index (χ1n) is 9.91. The van der Waals surface area contributed by atoms with E-state index in [-0.39, 0.29) is 28.9 Å². The SMILES string of the molecule is C=C(F)c1cc(-c2ccc(CC(=O)Nc3ccc(C(C)(C)C)nc3)c(F)c2)cnc1C. The van der Waals surface area contributed by atoms with Crippen LogP contribution in [0.4, 0.5) is 14.5 Å². The smallest absolute Gasteiger partial charge is 0.228 e. The van der Waals surface area contributed by atoms with Crippen LogP contribution < -0.4 is 5.32 Å². The molecule has 0 radical (unpaired) electrons. The molecule has 31 heavy (non-hydrogen) atoms. The summed E-state index contributed by atoms with van der Waals surface area (Å²) < 4.78 is 28.2. The third kappa shape index (κ3) is 5.40. The number of amides is 1. The van der Waals surface area contributed by atoms with E-state index >= 15 is 0 Å². The number of nitrogens with zero attached hydrogens (tertiary/aromatic N) is 2. The Balaban J connectivity index is 1.73. The summed E-state index contributed by atoms with van der Waals surface area (Å²) in [6.45, 7) is 11.2. The van der Waals surface area contributed by atoms with Crippen molar-refractivity contribution in [2.24, 2.45) is 0 Å². The van der Waals surface area contributed by atoms with E-state index < -0.39 is 11.6 Å². The summed E-state index contributed by atoms with van der Waals surface area (Å²) in [7, 11) is 0. The van der Waals surface area contributed by atoms with E-state index in [0.717, 1.165) is 5.69 Å². The summed E-state index contributed by atoms with van der Waals surface area (Å²) in [5, 5.41) is 2.74. The molecule has 3 rings (SSSR count). The molecule has 1 amide bonds. The molecule has 2 aromatic heterocycles. The van der Waals surface area contributed by atoms with Crippen LogP contribution in [0.3, 0.4) is 0 Å². The minimum Gasteiger partial charge on any atom is -0.324 e. The molecule has 2 heterocycles. The van der Waals surface area contributed by atoms with Crippen molar-refractivity contribution >= 4 is 17.4 Å². The highest BCUT2D eigenvalue weighted by Gasteiger charge is 2.16. The Morgan fingerprint density at radius 3 is 2.39 bits per heavy atom. The standard InChI is InChI=1S/C25H25F2N3O/c1-15(26)21-10-19(13-28-16(21)2)17-6-7-18(22(27)11-17)12-24(31)30-20-8-9-23(29-14-20)25(3,4)5/h6-11,13-14H,1,12H2,2-5H3,(H,30,31). The first-order chi connectivity index (χ1) is 14.5. The number of aromatic nitrogens is 2. The maximum atomic E-state index is 14.7. The van der Waals surface area contributed by atoms with Crippen LogP contribution in [0, 0.1) is 12.7 Å². The average Bonchev–Trinajstić information content (AvgIpc) is 2.69. The molecule has 0 bridgehead atoms. The fourth-order valence-electron chi connectivity index (χ4n) is 3.13. The van der Waals surface area contributed by atoms with Gasteiger partial charge in [-0.2, -0.15) is 0 Å². The number of hydrogen-bond donors (Lipinski definition) is 1. The Morgan fingerprint density at radius 2 is 1.81 bits per heavy atom. The molecule has 0 saturated carbocycles. The van der Waals surface area contributed by atoms with Crippen LogP contribution in [0.2, 0.25) is 0 Å². The lowest BCUT2D eigenvalue weighted by Crippen LogP contribution is -2.17. The van der Waals surface area contributed by atoms with Crippen molar-refractivity contribution in [2.75, 3.05) is 5.32 Å². The van der Waals surface area contributed by atoms with E-state index in [4.69, 9.17) is 0 Å². The molecular formula is C25H25F2N3O. The summed E-state index contributed by atoms with van der Waals surface area (Å²) >= 11 is 0. The van der Waals surface area contributed by atoms with Crippen LogP contribution in [0.1, 0.15) is 43.3 Å². The maximum absolute atomic E-state index is 14.7. The maximum Gasteiger partial charge on any atom is 0.228 e. The van der Waals surface area contributed by atoms with Crippen LogP contribution in [-0.2, 0) is 16.6 Å². The van der Waals surface area contributed by atoms with Crippen molar-refractivity contribution < 1.29 is 13.6 Å². The van der Waals surface area contributed by atoms with Crippen LogP contribution >= 0.6 is 0 Å². The second-order valence-electron chi connectivity index (χ2n) is 8.48. The number of aryl methyl sites for hydroxylation is 1. The number of hydrogen-bond acceptors (Lipinski definition) is 3. The summed E-state index contributed by atoms with van der Waals surface area (Å²) in [6.07, 6.45) is 3.03. The number of rotatable bonds is 5. The van der Waals surface area contributed by atoms with E-state index in [1.165, 1.54) is 6.07 Å². The van der Waals surface area contributed by atoms with E-state index in [1.54, 1.807) is 43.6 Å². The highest BCUT2D eigenvalue weighted by molar-refractivity contribution is 5.92. The molecule has 0 unspecified atom stereocenters. The van der Waals surface area contributed by atoms with Gasteiger partial charge in [-0.25, -0.2) is 8.78 Å². The Kier molecular flexibility index (Phi) is 6.29. The molecule has 0 atom stereocenters. The first-order valence-corrected chi connectivity index (χ1v) is 9.91. The normalized spacial score (nSPS) is 11.3. The van der Waals surface area contributed by atoms with Crippen LogP contribution in [0.25, 0.3) is 17.0 Å². The molecule has 0 aliphatic heterocycles. The summed E-state index contributed by atoms with van der Waals surface area (Å²) in [5.74, 6) is -1.45. The molecule has 0 saturated heterocycles. The third-order valence-electron chi connectivity index (χ3n) is 4.93. The topological polar surface area (TPSA) is 54.9 Å². The Bertz CT molecular complexity index is 1130. The van der Waals surface area contributed by atoms with Crippen molar-refractivity contribution in [2.45, 2.75) is 39.5 Å². The number of nitrogens with one attached hydrogen (secondary N) is 1. The Labute approximate surface area is 181 Å². The van der Waals surface area contributed by atoms with Gasteiger partial charge in [0.05, 0.1) is 18.3 Å². The van der Waals surface area contributed by atoms with E-state index in [1.807, 2.05) is 6.07 Å². The average molecular weight is 421 g/mol. The van der Waals surface area contributed by atoms with Gasteiger partial charge >= 0.3 is 0 Å². The van der Waals surface area contributed by atoms with Gasteiger partial charge in [-0.3, -0.25) is 14.8 Å². The quantitative estimate of drug-likeness (QED) is 0.549. The second-order valence-corrected chi connectivity index (χ2v) is 8.48. The van der Waals surface area contributed by atoms with E-state index in [9.17, 15) is 13.6 Å². The number of pyridine rings is 2. The Morgan fingerprint density at radius 1 is 1.06 bits per heavy atom. The van der Waals surface area contributed by atoms with Gasteiger partial charge in [-0.05, 0) is 42.3 Å². The number of halogens is 2. The zero-order valence-corrected chi connectivity index (χ0v) is 18.1. The third-order valence-corrected chi connectivity index (χ3v) is 4.93. The summed E-state index contributed by atoms with van der Waals surface area (Å²) in [6, 6.07) is 9.78. The van der Waals surface area contributed by atoms with Crippen molar-refractivity contribution in [3.05, 3.63) is 83.7 Å². The molecule has 4 nitrogen and oxygen atoms in total. The number of carbonyl (C=O) groups excluding carboxylic acids is 1. The number of benzene rings is 1. The predicted molar refractivity (Wildman–Crippen MR) is 120 cm³/mol. The van der Waals surface area contributed by atoms with Crippen LogP contribution in [-0.4, -0.2) is 15.9 Å². The molecule has 1 aromatic carbocycles. The molecule has 1 N–H and O–H groups in total. The number of anilines is 1. The van der Waals surface area contributed by atoms with Gasteiger partial charge in [0.15, 0.2) is 0 Å². The van der Waals surface area contributed by atoms with Gasteiger partial charge in [-0.1, -0.05) is 39.5 Å². The van der Waals surface area contributed by atoms with E-state index in [2.05, 4.69) is 42.6 Å². The molecule has 160 valence electrons. The second kappa shape index (κ2) is 8.76. The van der Waals surface area contributed by atoms with Crippen LogP contribution in [0.15, 0.2) is 55.4 Å². The highest BCUT2D eigenvalue weighted by Crippen LogP contribution is 2.27. The largest absolute Gasteiger partial charge is 0.324 e. The predicted octanol–water partition coefficient (Wildman–Crippen LogP) is 6.01. The minimum absolute atomic E-state index is 0.0847. The van der Waals surface area contributed by atoms with Crippen molar-refractivity contribution in [3.8, 4) is 11.1 Å². The lowest BCUT2D eigenvalue weighted by molar-refractivity contribution is -0.115. The van der Waals surface area contributed by atoms with Crippen molar-refractivity contribution in [1.82, 2.24) is 9.97 Å². The Hall–Kier alpha value is -3.41.